The Kier molecular flexibility index (Phi) is 3.90. The normalized spacial score (nSPS) is 57.6. The van der Waals surface area contributed by atoms with Crippen LogP contribution in [0.1, 0.15) is 65.7 Å². The van der Waals surface area contributed by atoms with E-state index in [4.69, 9.17) is 9.47 Å². The lowest BCUT2D eigenvalue weighted by Crippen LogP contribution is -2.66. The molecular formula is C20H34O4. The van der Waals surface area contributed by atoms with E-state index < -0.39 is 11.5 Å². The van der Waals surface area contributed by atoms with Gasteiger partial charge >= 0.3 is 0 Å². The van der Waals surface area contributed by atoms with Crippen molar-refractivity contribution in [1.82, 2.24) is 0 Å². The van der Waals surface area contributed by atoms with E-state index in [1.165, 1.54) is 0 Å². The van der Waals surface area contributed by atoms with Crippen molar-refractivity contribution in [1.29, 1.82) is 0 Å². The van der Waals surface area contributed by atoms with Gasteiger partial charge in [-0.3, -0.25) is 0 Å². The molecule has 2 saturated heterocycles. The summed E-state index contributed by atoms with van der Waals surface area (Å²) in [5.41, 5.74) is -0.593. The molecular weight excluding hydrogens is 304 g/mol. The molecule has 0 aromatic rings. The van der Waals surface area contributed by atoms with Crippen LogP contribution in [0, 0.1) is 22.7 Å². The third kappa shape index (κ3) is 2.00. The molecule has 2 saturated carbocycles. The fourth-order valence-corrected chi connectivity index (χ4v) is 7.00. The summed E-state index contributed by atoms with van der Waals surface area (Å²) in [5, 5.41) is 20.8. The Balaban J connectivity index is 1.74. The van der Waals surface area contributed by atoms with Gasteiger partial charge in [0.15, 0.2) is 0 Å². The van der Waals surface area contributed by atoms with Crippen molar-refractivity contribution in [3.63, 3.8) is 0 Å². The van der Waals surface area contributed by atoms with E-state index >= 15 is 0 Å². The smallest absolute Gasteiger partial charge is 0.0945 e. The van der Waals surface area contributed by atoms with Crippen molar-refractivity contribution in [2.75, 3.05) is 19.8 Å². The van der Waals surface area contributed by atoms with Gasteiger partial charge in [-0.1, -0.05) is 20.8 Å². The zero-order valence-electron chi connectivity index (χ0n) is 15.5. The number of aliphatic hydroxyl groups is 2. The van der Waals surface area contributed by atoms with Gasteiger partial charge in [-0.15, -0.1) is 0 Å². The van der Waals surface area contributed by atoms with Gasteiger partial charge in [0.1, 0.15) is 0 Å². The van der Waals surface area contributed by atoms with Crippen LogP contribution in [0.25, 0.3) is 0 Å². The SMILES string of the molecule is C[C@@H]1CC[C@@H]2[C@@](C)(CO)[C@@H](O)CC[C@@]2(C)[C@@]12CC[C@@]1(CCOC1)O2. The second kappa shape index (κ2) is 5.42. The van der Waals surface area contributed by atoms with Crippen molar-refractivity contribution >= 4 is 0 Å². The summed E-state index contributed by atoms with van der Waals surface area (Å²) in [6.07, 6.45) is 6.78. The molecule has 4 fully saturated rings. The van der Waals surface area contributed by atoms with Crippen LogP contribution >= 0.6 is 0 Å². The number of aliphatic hydroxyl groups excluding tert-OH is 2. The molecule has 4 nitrogen and oxygen atoms in total. The van der Waals surface area contributed by atoms with Crippen molar-refractivity contribution in [2.45, 2.75) is 83.0 Å². The van der Waals surface area contributed by atoms with Crippen LogP contribution in [0.3, 0.4) is 0 Å². The van der Waals surface area contributed by atoms with E-state index in [9.17, 15) is 10.2 Å². The van der Waals surface area contributed by atoms with Gasteiger partial charge in [-0.2, -0.15) is 0 Å². The monoisotopic (exact) mass is 338 g/mol. The largest absolute Gasteiger partial charge is 0.396 e. The first-order valence-corrected chi connectivity index (χ1v) is 9.89. The average Bonchev–Trinajstić information content (AvgIpc) is 3.18. The molecule has 0 amide bonds. The summed E-state index contributed by atoms with van der Waals surface area (Å²) in [4.78, 5) is 0. The van der Waals surface area contributed by atoms with E-state index in [1.54, 1.807) is 0 Å². The summed E-state index contributed by atoms with van der Waals surface area (Å²) in [6.45, 7) is 8.46. The van der Waals surface area contributed by atoms with Gasteiger partial charge in [0.05, 0.1) is 30.5 Å². The molecule has 4 aliphatic rings. The highest BCUT2D eigenvalue weighted by Crippen LogP contribution is 2.68. The molecule has 2 aliphatic heterocycles. The minimum atomic E-state index is -0.411. The highest BCUT2D eigenvalue weighted by molar-refractivity contribution is 5.17. The first-order valence-electron chi connectivity index (χ1n) is 9.89. The van der Waals surface area contributed by atoms with Gasteiger partial charge in [-0.25, -0.2) is 0 Å². The standard InChI is InChI=1S/C20H34O4/c1-14-4-5-15-17(2,12-21)16(22)6-7-18(15,3)20(14)9-8-19(24-20)10-11-23-13-19/h14-16,21-22H,4-13H2,1-3H3/t14-,15-,16+,17-,18-,19+,20-/m1/s1. The van der Waals surface area contributed by atoms with E-state index in [2.05, 4.69) is 20.8 Å². The summed E-state index contributed by atoms with van der Waals surface area (Å²) in [7, 11) is 0. The molecule has 0 bridgehead atoms. The van der Waals surface area contributed by atoms with Crippen molar-refractivity contribution < 1.29 is 19.7 Å². The predicted molar refractivity (Wildman–Crippen MR) is 91.6 cm³/mol. The molecule has 2 heterocycles. The Morgan fingerprint density at radius 3 is 2.50 bits per heavy atom. The van der Waals surface area contributed by atoms with Gasteiger partial charge < -0.3 is 19.7 Å². The first kappa shape index (κ1) is 17.3. The molecule has 0 unspecified atom stereocenters. The molecule has 0 radical (unpaired) electrons. The number of fused-ring (bicyclic) bond motifs is 2. The van der Waals surface area contributed by atoms with Crippen LogP contribution in [0.15, 0.2) is 0 Å². The maximum absolute atomic E-state index is 10.7. The fraction of sp³-hybridized carbons (Fsp3) is 1.00. The van der Waals surface area contributed by atoms with Crippen molar-refractivity contribution in [3.8, 4) is 0 Å². The molecule has 2 aliphatic carbocycles. The van der Waals surface area contributed by atoms with Crippen molar-refractivity contribution in [2.24, 2.45) is 22.7 Å². The maximum Gasteiger partial charge on any atom is 0.0945 e. The third-order valence-corrected chi connectivity index (χ3v) is 8.67. The Bertz CT molecular complexity index is 502. The molecule has 4 heteroatoms. The van der Waals surface area contributed by atoms with Crippen LogP contribution in [0.5, 0.6) is 0 Å². The average molecular weight is 338 g/mol. The highest BCUT2D eigenvalue weighted by Gasteiger charge is 2.69. The van der Waals surface area contributed by atoms with E-state index in [0.717, 1.165) is 58.2 Å². The van der Waals surface area contributed by atoms with Crippen molar-refractivity contribution in [3.05, 3.63) is 0 Å². The van der Waals surface area contributed by atoms with Crippen LogP contribution in [-0.4, -0.2) is 47.3 Å². The van der Waals surface area contributed by atoms with Gasteiger partial charge in [0.2, 0.25) is 0 Å². The van der Waals surface area contributed by atoms with Crippen LogP contribution in [0.4, 0.5) is 0 Å². The Morgan fingerprint density at radius 1 is 1.04 bits per heavy atom. The first-order chi connectivity index (χ1) is 11.3. The molecule has 0 aromatic heterocycles. The quantitative estimate of drug-likeness (QED) is 0.772. The Hall–Kier alpha value is -0.160. The van der Waals surface area contributed by atoms with Gasteiger partial charge in [0, 0.05) is 23.9 Å². The second-order valence-electron chi connectivity index (χ2n) is 9.64. The Morgan fingerprint density at radius 2 is 1.83 bits per heavy atom. The lowest BCUT2D eigenvalue weighted by atomic mass is 9.43. The maximum atomic E-state index is 10.7. The lowest BCUT2D eigenvalue weighted by Gasteiger charge is -2.65. The topological polar surface area (TPSA) is 58.9 Å². The zero-order chi connectivity index (χ0) is 17.2. The summed E-state index contributed by atoms with van der Waals surface area (Å²) < 4.78 is 12.7. The molecule has 7 atom stereocenters. The third-order valence-electron chi connectivity index (χ3n) is 8.67. The minimum Gasteiger partial charge on any atom is -0.396 e. The summed E-state index contributed by atoms with van der Waals surface area (Å²) in [5.74, 6) is 0.837. The van der Waals surface area contributed by atoms with E-state index in [-0.39, 0.29) is 23.2 Å². The van der Waals surface area contributed by atoms with Crippen LogP contribution < -0.4 is 0 Å². The molecule has 0 aromatic carbocycles. The van der Waals surface area contributed by atoms with Crippen LogP contribution in [0.2, 0.25) is 0 Å². The van der Waals surface area contributed by atoms with Gasteiger partial charge in [-0.05, 0) is 50.4 Å². The summed E-state index contributed by atoms with van der Waals surface area (Å²) >= 11 is 0. The second-order valence-corrected chi connectivity index (χ2v) is 9.64. The van der Waals surface area contributed by atoms with Gasteiger partial charge in [0.25, 0.3) is 0 Å². The highest BCUT2D eigenvalue weighted by atomic mass is 16.6. The molecule has 4 rings (SSSR count). The van der Waals surface area contributed by atoms with Crippen LogP contribution in [-0.2, 0) is 9.47 Å². The molecule has 2 spiro atoms. The molecule has 2 N–H and O–H groups in total. The van der Waals surface area contributed by atoms with E-state index in [0.29, 0.717) is 11.8 Å². The number of hydrogen-bond donors (Lipinski definition) is 2. The number of hydrogen-bond acceptors (Lipinski definition) is 4. The Labute approximate surface area is 145 Å². The minimum absolute atomic E-state index is 0.0213. The number of ether oxygens (including phenoxy) is 2. The number of rotatable bonds is 1. The molecule has 138 valence electrons. The molecule has 24 heavy (non-hydrogen) atoms. The fourth-order valence-electron chi connectivity index (χ4n) is 7.00. The van der Waals surface area contributed by atoms with E-state index in [1.807, 2.05) is 0 Å². The predicted octanol–water partition coefficient (Wildman–Crippen LogP) is 2.90. The lowest BCUT2D eigenvalue weighted by molar-refractivity contribution is -0.266. The zero-order valence-corrected chi connectivity index (χ0v) is 15.5. The summed E-state index contributed by atoms with van der Waals surface area (Å²) in [6, 6.07) is 0.